The maximum atomic E-state index is 12.6. The van der Waals surface area contributed by atoms with Crippen molar-refractivity contribution in [3.05, 3.63) is 29.6 Å². The van der Waals surface area contributed by atoms with Crippen molar-refractivity contribution in [3.8, 4) is 5.75 Å². The lowest BCUT2D eigenvalue weighted by atomic mass is 9.96. The van der Waals surface area contributed by atoms with Crippen molar-refractivity contribution in [2.24, 2.45) is 0 Å². The van der Waals surface area contributed by atoms with Crippen LogP contribution in [0.3, 0.4) is 0 Å². The molecule has 3 heteroatoms. The Hall–Kier alpha value is -0.985. The van der Waals surface area contributed by atoms with Gasteiger partial charge in [-0.2, -0.15) is 0 Å². The molecule has 1 aromatic rings. The Balaban J connectivity index is 3.06. The number of hydrogen-bond acceptors (Lipinski definition) is 1. The molecule has 0 N–H and O–H groups in total. The zero-order valence-electron chi connectivity index (χ0n) is 6.73. The molecule has 0 aliphatic rings. The number of halogens is 1. The first-order chi connectivity index (χ1) is 5.27. The molecule has 0 aromatic heterocycles. The molecule has 11 heavy (non-hydrogen) atoms. The molecule has 58 valence electrons. The highest BCUT2D eigenvalue weighted by Gasteiger charge is 2.00. The third kappa shape index (κ3) is 1.73. The summed E-state index contributed by atoms with van der Waals surface area (Å²) >= 11 is 0. The molecule has 0 saturated carbocycles. The summed E-state index contributed by atoms with van der Waals surface area (Å²) in [5.41, 5.74) is 0.910. The summed E-state index contributed by atoms with van der Waals surface area (Å²) < 4.78 is 17.6. The maximum Gasteiger partial charge on any atom is 0.123 e. The van der Waals surface area contributed by atoms with E-state index >= 15 is 0 Å². The number of benzene rings is 1. The molecule has 0 fully saturated rings. The largest absolute Gasteiger partial charge is 0.497 e. The Morgan fingerprint density at radius 3 is 2.82 bits per heavy atom. The Bertz CT molecular complexity index is 250. The van der Waals surface area contributed by atoms with Gasteiger partial charge in [0.05, 0.1) is 7.11 Å². The van der Waals surface area contributed by atoms with Crippen LogP contribution in [0.4, 0.5) is 4.39 Å². The minimum Gasteiger partial charge on any atom is -0.497 e. The van der Waals surface area contributed by atoms with Crippen LogP contribution < -0.4 is 4.74 Å². The van der Waals surface area contributed by atoms with Gasteiger partial charge in [-0.25, -0.2) is 4.39 Å². The molecule has 0 heterocycles. The van der Waals surface area contributed by atoms with Gasteiger partial charge in [0.2, 0.25) is 0 Å². The van der Waals surface area contributed by atoms with Crippen LogP contribution in [-0.4, -0.2) is 15.0 Å². The summed E-state index contributed by atoms with van der Waals surface area (Å²) in [4.78, 5) is 0. The third-order valence-corrected chi connectivity index (χ3v) is 1.62. The number of ether oxygens (including phenoxy) is 1. The molecule has 0 radical (unpaired) electrons. The monoisotopic (exact) mass is 152 g/mol. The van der Waals surface area contributed by atoms with E-state index in [1.165, 1.54) is 12.1 Å². The molecule has 0 unspecified atom stereocenters. The van der Waals surface area contributed by atoms with Crippen molar-refractivity contribution in [1.29, 1.82) is 0 Å². The summed E-state index contributed by atoms with van der Waals surface area (Å²) in [6.07, 6.45) is 0.793. The molecular weight excluding hydrogens is 142 g/mol. The van der Waals surface area contributed by atoms with Gasteiger partial charge in [0.15, 0.2) is 0 Å². The lowest BCUT2D eigenvalue weighted by Crippen LogP contribution is -1.92. The summed E-state index contributed by atoms with van der Waals surface area (Å²) in [5, 5.41) is 0. The number of hydrogen-bond donors (Lipinski definition) is 0. The van der Waals surface area contributed by atoms with Gasteiger partial charge < -0.3 is 4.74 Å². The Labute approximate surface area is 66.6 Å². The highest BCUT2D eigenvalue weighted by Crippen LogP contribution is 2.18. The van der Waals surface area contributed by atoms with Crippen LogP contribution in [-0.2, 0) is 6.32 Å². The van der Waals surface area contributed by atoms with Gasteiger partial charge in [-0.15, -0.1) is 0 Å². The van der Waals surface area contributed by atoms with Crippen LogP contribution in [0, 0.1) is 5.82 Å². The van der Waals surface area contributed by atoms with E-state index in [-0.39, 0.29) is 5.82 Å². The second kappa shape index (κ2) is 3.42. The molecule has 1 aromatic carbocycles. The Kier molecular flexibility index (Phi) is 2.52. The van der Waals surface area contributed by atoms with E-state index in [0.717, 1.165) is 17.6 Å². The summed E-state index contributed by atoms with van der Waals surface area (Å²) in [6.45, 7) is 0. The maximum absolute atomic E-state index is 12.6. The predicted molar refractivity (Wildman–Crippen MR) is 45.2 cm³/mol. The van der Waals surface area contributed by atoms with Crippen molar-refractivity contribution >= 4 is 7.85 Å². The highest BCUT2D eigenvalue weighted by molar-refractivity contribution is 6.08. The minimum absolute atomic E-state index is 0.206. The normalized spacial score (nSPS) is 9.64. The fourth-order valence-corrected chi connectivity index (χ4v) is 1.02. The average Bonchev–Trinajstić information content (AvgIpc) is 2.04. The summed E-state index contributed by atoms with van der Waals surface area (Å²) in [6, 6.07) is 4.55. The standard InChI is InChI=1S/C8H10BFO/c1-11-8-3-2-7(10)4-6(8)5-9/h2-4H,5,9H2,1H3. The van der Waals surface area contributed by atoms with Crippen molar-refractivity contribution in [2.45, 2.75) is 6.32 Å². The molecule has 0 aliphatic heterocycles. The van der Waals surface area contributed by atoms with E-state index in [0.29, 0.717) is 0 Å². The first-order valence-electron chi connectivity index (χ1n) is 3.60. The van der Waals surface area contributed by atoms with Crippen LogP contribution in [0.15, 0.2) is 18.2 Å². The van der Waals surface area contributed by atoms with E-state index in [1.54, 1.807) is 13.2 Å². The zero-order valence-corrected chi connectivity index (χ0v) is 6.73. The van der Waals surface area contributed by atoms with Gasteiger partial charge in [-0.3, -0.25) is 0 Å². The molecule has 0 bridgehead atoms. The van der Waals surface area contributed by atoms with E-state index in [4.69, 9.17) is 4.74 Å². The van der Waals surface area contributed by atoms with Crippen LogP contribution in [0.2, 0.25) is 0 Å². The van der Waals surface area contributed by atoms with Gasteiger partial charge in [0.25, 0.3) is 0 Å². The molecule has 0 atom stereocenters. The van der Waals surface area contributed by atoms with E-state index in [9.17, 15) is 4.39 Å². The van der Waals surface area contributed by atoms with Crippen molar-refractivity contribution < 1.29 is 9.13 Å². The van der Waals surface area contributed by atoms with Gasteiger partial charge in [-0.05, 0) is 23.8 Å². The molecule has 0 aliphatic carbocycles. The van der Waals surface area contributed by atoms with E-state index in [2.05, 4.69) is 0 Å². The molecule has 1 rings (SSSR count). The van der Waals surface area contributed by atoms with Crippen LogP contribution in [0.1, 0.15) is 5.56 Å². The van der Waals surface area contributed by atoms with Gasteiger partial charge in [0, 0.05) is 0 Å². The first kappa shape index (κ1) is 8.11. The van der Waals surface area contributed by atoms with E-state index in [1.807, 2.05) is 7.85 Å². The van der Waals surface area contributed by atoms with Crippen LogP contribution in [0.25, 0.3) is 0 Å². The van der Waals surface area contributed by atoms with Gasteiger partial charge in [-0.1, -0.05) is 6.32 Å². The quantitative estimate of drug-likeness (QED) is 0.573. The lowest BCUT2D eigenvalue weighted by molar-refractivity contribution is 0.410. The van der Waals surface area contributed by atoms with Crippen molar-refractivity contribution in [1.82, 2.24) is 0 Å². The van der Waals surface area contributed by atoms with Crippen molar-refractivity contribution in [2.75, 3.05) is 7.11 Å². The molecule has 0 saturated heterocycles. The fraction of sp³-hybridized carbons (Fsp3) is 0.250. The van der Waals surface area contributed by atoms with Crippen molar-refractivity contribution in [3.63, 3.8) is 0 Å². The van der Waals surface area contributed by atoms with Crippen LogP contribution in [0.5, 0.6) is 5.75 Å². The smallest absolute Gasteiger partial charge is 0.123 e. The lowest BCUT2D eigenvalue weighted by Gasteiger charge is -2.04. The second-order valence-electron chi connectivity index (χ2n) is 2.31. The topological polar surface area (TPSA) is 9.23 Å². The third-order valence-electron chi connectivity index (χ3n) is 1.62. The SMILES string of the molecule is BCc1cc(F)ccc1OC. The second-order valence-corrected chi connectivity index (χ2v) is 2.31. The molecule has 0 amide bonds. The van der Waals surface area contributed by atoms with E-state index < -0.39 is 0 Å². The first-order valence-corrected chi connectivity index (χ1v) is 3.60. The highest BCUT2D eigenvalue weighted by atomic mass is 19.1. The Morgan fingerprint density at radius 2 is 2.27 bits per heavy atom. The number of rotatable bonds is 2. The predicted octanol–water partition coefficient (Wildman–Crippen LogP) is 0.967. The Morgan fingerprint density at radius 1 is 1.55 bits per heavy atom. The minimum atomic E-state index is -0.206. The summed E-state index contributed by atoms with van der Waals surface area (Å²) in [7, 11) is 3.56. The average molecular weight is 152 g/mol. The van der Waals surface area contributed by atoms with Gasteiger partial charge >= 0.3 is 0 Å². The fourth-order valence-electron chi connectivity index (χ4n) is 1.02. The summed E-state index contributed by atoms with van der Waals surface area (Å²) in [5.74, 6) is 0.552. The van der Waals surface area contributed by atoms with Crippen LogP contribution >= 0.6 is 0 Å². The molecule has 1 nitrogen and oxygen atoms in total. The molecule has 0 spiro atoms. The number of methoxy groups -OCH3 is 1. The molecular formula is C8H10BFO. The van der Waals surface area contributed by atoms with Gasteiger partial charge in [0.1, 0.15) is 19.4 Å². The zero-order chi connectivity index (χ0) is 8.27.